The van der Waals surface area contributed by atoms with Gasteiger partial charge in [-0.05, 0) is 12.8 Å². The Hall–Kier alpha value is 1.34. The summed E-state index contributed by atoms with van der Waals surface area (Å²) in [7, 11) is -4.05. The topological polar surface area (TPSA) is 107 Å². The minimum absolute atomic E-state index is 0. The molecule has 0 bridgehead atoms. The van der Waals surface area contributed by atoms with E-state index in [1.165, 1.54) is 0 Å². The third-order valence-electron chi connectivity index (χ3n) is 2.87. The molecular formula is C12H22Na2O6S. The summed E-state index contributed by atoms with van der Waals surface area (Å²) in [4.78, 5) is 13.8. The van der Waals surface area contributed by atoms with Crippen molar-refractivity contribution in [3.8, 4) is 0 Å². The van der Waals surface area contributed by atoms with Crippen LogP contribution >= 0.6 is 0 Å². The van der Waals surface area contributed by atoms with Crippen LogP contribution in [-0.2, 0) is 19.8 Å². The van der Waals surface area contributed by atoms with E-state index < -0.39 is 16.1 Å². The van der Waals surface area contributed by atoms with E-state index in [4.69, 9.17) is 0 Å². The molecule has 0 spiro atoms. The summed E-state index contributed by atoms with van der Waals surface area (Å²) < 4.78 is 31.0. The maximum Gasteiger partial charge on any atom is 1.00 e. The predicted molar refractivity (Wildman–Crippen MR) is 66.8 cm³/mol. The van der Waals surface area contributed by atoms with Crippen LogP contribution in [0.15, 0.2) is 0 Å². The minimum atomic E-state index is -4.05. The maximum atomic E-state index is 10.5. The van der Waals surface area contributed by atoms with Gasteiger partial charge in [0.2, 0.25) is 0 Å². The second-order valence-corrected chi connectivity index (χ2v) is 6.17. The molecule has 0 saturated heterocycles. The molecule has 0 rings (SSSR count). The maximum absolute atomic E-state index is 10.5. The van der Waals surface area contributed by atoms with Crippen LogP contribution in [0.4, 0.5) is 0 Å². The standard InChI is InChI=1S/C12H24O6S.2Na/c13-12(18-14)10-8-6-4-2-1-3-5-7-9-11-19(15,16)17;;/h14H,1-11H2,(H,15,16,17);;/q;2*+1/p-2. The predicted octanol–water partition coefficient (Wildman–Crippen LogP) is -4.74. The fraction of sp³-hybridized carbons (Fsp3) is 0.917. The Bertz CT molecular complexity index is 335. The molecule has 0 aliphatic heterocycles. The van der Waals surface area contributed by atoms with Crippen LogP contribution in [0.3, 0.4) is 0 Å². The molecular weight excluding hydrogens is 318 g/mol. The van der Waals surface area contributed by atoms with Crippen molar-refractivity contribution < 1.29 is 87.0 Å². The van der Waals surface area contributed by atoms with Gasteiger partial charge in [0.05, 0.1) is 10.1 Å². The van der Waals surface area contributed by atoms with Crippen molar-refractivity contribution in [1.82, 2.24) is 0 Å². The van der Waals surface area contributed by atoms with Crippen LogP contribution in [-0.4, -0.2) is 24.7 Å². The summed E-state index contributed by atoms with van der Waals surface area (Å²) in [5, 5.41) is 9.68. The molecule has 6 nitrogen and oxygen atoms in total. The van der Waals surface area contributed by atoms with Crippen LogP contribution < -0.4 is 64.4 Å². The molecule has 0 aliphatic rings. The molecule has 0 fully saturated rings. The van der Waals surface area contributed by atoms with Gasteiger partial charge in [-0.3, -0.25) is 4.79 Å². The SMILES string of the molecule is O=C(CCCCCCCCCCCS(=O)(=O)[O-])O[O-].[Na+].[Na+]. The Balaban J connectivity index is -0.00000162. The molecule has 0 aliphatic carbocycles. The van der Waals surface area contributed by atoms with Crippen molar-refractivity contribution in [3.63, 3.8) is 0 Å². The molecule has 0 unspecified atom stereocenters. The first kappa shape index (κ1) is 27.2. The van der Waals surface area contributed by atoms with Gasteiger partial charge < -0.3 is 14.7 Å². The Morgan fingerprint density at radius 2 is 1.19 bits per heavy atom. The van der Waals surface area contributed by atoms with E-state index in [1.807, 2.05) is 0 Å². The monoisotopic (exact) mass is 340 g/mol. The molecule has 0 saturated carbocycles. The first-order valence-electron chi connectivity index (χ1n) is 6.72. The second kappa shape index (κ2) is 17.7. The van der Waals surface area contributed by atoms with Gasteiger partial charge >= 0.3 is 59.1 Å². The molecule has 0 heterocycles. The zero-order chi connectivity index (χ0) is 14.6. The van der Waals surface area contributed by atoms with E-state index in [0.717, 1.165) is 44.9 Å². The van der Waals surface area contributed by atoms with Crippen molar-refractivity contribution in [2.75, 3.05) is 5.75 Å². The number of hydrogen-bond acceptors (Lipinski definition) is 6. The molecule has 0 aromatic carbocycles. The van der Waals surface area contributed by atoms with Gasteiger partial charge in [-0.25, -0.2) is 8.42 Å². The summed E-state index contributed by atoms with van der Waals surface area (Å²) in [6.45, 7) is 0. The van der Waals surface area contributed by atoms with Gasteiger partial charge in [-0.1, -0.05) is 44.9 Å². The normalized spacial score (nSPS) is 10.4. The zero-order valence-electron chi connectivity index (χ0n) is 13.1. The molecule has 114 valence electrons. The zero-order valence-corrected chi connectivity index (χ0v) is 18.0. The van der Waals surface area contributed by atoms with E-state index >= 15 is 0 Å². The number of hydrogen-bond donors (Lipinski definition) is 0. The van der Waals surface area contributed by atoms with Crippen molar-refractivity contribution in [1.29, 1.82) is 0 Å². The average Bonchev–Trinajstić information content (AvgIpc) is 2.34. The van der Waals surface area contributed by atoms with Crippen LogP contribution in [0.1, 0.15) is 64.2 Å². The van der Waals surface area contributed by atoms with Crippen molar-refractivity contribution in [3.05, 3.63) is 0 Å². The first-order valence-corrected chi connectivity index (χ1v) is 8.29. The quantitative estimate of drug-likeness (QED) is 0.116. The van der Waals surface area contributed by atoms with Crippen molar-refractivity contribution in [2.45, 2.75) is 64.2 Å². The molecule has 0 amide bonds. The largest absolute Gasteiger partial charge is 1.00 e. The number of unbranched alkanes of at least 4 members (excludes halogenated alkanes) is 8. The van der Waals surface area contributed by atoms with Crippen LogP contribution in [0.25, 0.3) is 0 Å². The second-order valence-electron chi connectivity index (χ2n) is 4.65. The summed E-state index contributed by atoms with van der Waals surface area (Å²) in [5.74, 6) is -0.962. The minimum Gasteiger partial charge on any atom is -0.748 e. The van der Waals surface area contributed by atoms with Gasteiger partial charge in [-0.15, -0.1) is 0 Å². The van der Waals surface area contributed by atoms with Gasteiger partial charge in [0.15, 0.2) is 0 Å². The van der Waals surface area contributed by atoms with Crippen LogP contribution in [0.5, 0.6) is 0 Å². The van der Waals surface area contributed by atoms with Crippen LogP contribution in [0, 0.1) is 0 Å². The Kier molecular flexibility index (Phi) is 22.9. The fourth-order valence-corrected chi connectivity index (χ4v) is 2.38. The van der Waals surface area contributed by atoms with Crippen molar-refractivity contribution >= 4 is 16.1 Å². The molecule has 0 N–H and O–H groups in total. The van der Waals surface area contributed by atoms with E-state index in [2.05, 4.69) is 4.89 Å². The molecule has 0 aromatic rings. The average molecular weight is 340 g/mol. The van der Waals surface area contributed by atoms with Gasteiger partial charge in [0, 0.05) is 12.2 Å². The summed E-state index contributed by atoms with van der Waals surface area (Å²) in [6, 6.07) is 0. The van der Waals surface area contributed by atoms with E-state index in [0.29, 0.717) is 12.8 Å². The van der Waals surface area contributed by atoms with Gasteiger partial charge in [0.1, 0.15) is 0 Å². The molecule has 0 aromatic heterocycles. The number of carbonyl (C=O) groups excluding carboxylic acids is 1. The third-order valence-corrected chi connectivity index (χ3v) is 3.66. The molecule has 0 atom stereocenters. The van der Waals surface area contributed by atoms with Crippen molar-refractivity contribution in [2.24, 2.45) is 0 Å². The summed E-state index contributed by atoms with van der Waals surface area (Å²) in [6.07, 6.45) is 8.11. The molecule has 0 radical (unpaired) electrons. The number of carbonyl (C=O) groups is 1. The van der Waals surface area contributed by atoms with E-state index in [9.17, 15) is 23.0 Å². The summed E-state index contributed by atoms with van der Waals surface area (Å²) in [5.41, 5.74) is 0. The summed E-state index contributed by atoms with van der Waals surface area (Å²) >= 11 is 0. The molecule has 9 heteroatoms. The Labute approximate surface area is 171 Å². The van der Waals surface area contributed by atoms with E-state index in [1.54, 1.807) is 0 Å². The van der Waals surface area contributed by atoms with Crippen LogP contribution in [0.2, 0.25) is 0 Å². The molecule has 21 heavy (non-hydrogen) atoms. The Morgan fingerprint density at radius 3 is 1.57 bits per heavy atom. The van der Waals surface area contributed by atoms with Gasteiger partial charge in [0.25, 0.3) is 5.97 Å². The van der Waals surface area contributed by atoms with Gasteiger partial charge in [-0.2, -0.15) is 0 Å². The third kappa shape index (κ3) is 23.7. The number of rotatable bonds is 12. The fourth-order valence-electron chi connectivity index (χ4n) is 1.83. The first-order chi connectivity index (χ1) is 8.95. The smallest absolute Gasteiger partial charge is 0.748 e. The Morgan fingerprint density at radius 1 is 0.810 bits per heavy atom. The van der Waals surface area contributed by atoms with E-state index in [-0.39, 0.29) is 71.3 Å².